The van der Waals surface area contributed by atoms with Gasteiger partial charge in [0.25, 0.3) is 0 Å². The molecule has 1 aromatic rings. The second-order valence-corrected chi connectivity index (χ2v) is 5.40. The number of carbonyl (C=O) groups is 1. The molecule has 3 nitrogen and oxygen atoms in total. The Balaban J connectivity index is 1.80. The number of carbonyl (C=O) groups excluding carboxylic acids is 1. The summed E-state index contributed by atoms with van der Waals surface area (Å²) in [4.78, 5) is 14.7. The molecule has 1 spiro atoms. The monoisotopic (exact) mass is 244 g/mol. The third kappa shape index (κ3) is 1.93. The van der Waals surface area contributed by atoms with Gasteiger partial charge in [0.1, 0.15) is 5.54 Å². The largest absolute Gasteiger partial charge is 0.354 e. The fourth-order valence-corrected chi connectivity index (χ4v) is 3.37. The Hall–Kier alpha value is -1.35. The summed E-state index contributed by atoms with van der Waals surface area (Å²) >= 11 is 0. The molecule has 1 N–H and O–H groups in total. The summed E-state index contributed by atoms with van der Waals surface area (Å²) in [5.41, 5.74) is 1.09. The van der Waals surface area contributed by atoms with E-state index < -0.39 is 0 Å². The van der Waals surface area contributed by atoms with Crippen molar-refractivity contribution in [2.45, 2.75) is 37.8 Å². The Bertz CT molecular complexity index is 431. The van der Waals surface area contributed by atoms with Crippen molar-refractivity contribution in [3.8, 4) is 0 Å². The van der Waals surface area contributed by atoms with Crippen LogP contribution in [0.3, 0.4) is 0 Å². The Kier molecular flexibility index (Phi) is 3.08. The molecular weight excluding hydrogens is 224 g/mol. The lowest BCUT2D eigenvalue weighted by Gasteiger charge is -2.40. The highest BCUT2D eigenvalue weighted by molar-refractivity contribution is 5.87. The molecule has 2 fully saturated rings. The van der Waals surface area contributed by atoms with Crippen LogP contribution in [0.5, 0.6) is 0 Å². The van der Waals surface area contributed by atoms with Crippen molar-refractivity contribution >= 4 is 5.91 Å². The highest BCUT2D eigenvalue weighted by atomic mass is 16.2. The fourth-order valence-electron chi connectivity index (χ4n) is 3.37. The number of likely N-dealkylation sites (tertiary alicyclic amines) is 1. The second kappa shape index (κ2) is 4.73. The molecule has 2 heterocycles. The molecule has 1 unspecified atom stereocenters. The summed E-state index contributed by atoms with van der Waals surface area (Å²) in [5, 5.41) is 3.05. The Labute approximate surface area is 108 Å². The maximum Gasteiger partial charge on any atom is 0.240 e. The fraction of sp³-hybridized carbons (Fsp3) is 0.533. The van der Waals surface area contributed by atoms with Crippen LogP contribution in [0, 0.1) is 0 Å². The van der Waals surface area contributed by atoms with Gasteiger partial charge in [-0.2, -0.15) is 0 Å². The van der Waals surface area contributed by atoms with Crippen LogP contribution >= 0.6 is 0 Å². The van der Waals surface area contributed by atoms with E-state index >= 15 is 0 Å². The maximum atomic E-state index is 12.3. The second-order valence-electron chi connectivity index (χ2n) is 5.40. The first kappa shape index (κ1) is 11.7. The van der Waals surface area contributed by atoms with E-state index in [0.717, 1.165) is 45.3 Å². The van der Waals surface area contributed by atoms with Crippen molar-refractivity contribution in [3.63, 3.8) is 0 Å². The van der Waals surface area contributed by atoms with Crippen LogP contribution in [0.25, 0.3) is 0 Å². The van der Waals surface area contributed by atoms with Crippen molar-refractivity contribution in [3.05, 3.63) is 35.9 Å². The van der Waals surface area contributed by atoms with Crippen molar-refractivity contribution < 1.29 is 4.79 Å². The van der Waals surface area contributed by atoms with Gasteiger partial charge in [0.15, 0.2) is 0 Å². The van der Waals surface area contributed by atoms with E-state index in [1.165, 1.54) is 5.56 Å². The number of nitrogens with one attached hydrogen (secondary N) is 1. The number of rotatable bonds is 2. The Morgan fingerprint density at radius 1 is 1.17 bits per heavy atom. The van der Waals surface area contributed by atoms with Gasteiger partial charge in [0.2, 0.25) is 5.91 Å². The molecule has 0 radical (unpaired) electrons. The van der Waals surface area contributed by atoms with Crippen LogP contribution in [0.15, 0.2) is 30.3 Å². The Morgan fingerprint density at radius 2 is 1.94 bits per heavy atom. The lowest BCUT2D eigenvalue weighted by molar-refractivity contribution is -0.134. The molecule has 1 atom stereocenters. The van der Waals surface area contributed by atoms with E-state index in [-0.39, 0.29) is 11.4 Å². The van der Waals surface area contributed by atoms with Gasteiger partial charge >= 0.3 is 0 Å². The van der Waals surface area contributed by atoms with Crippen molar-refractivity contribution in [2.75, 3.05) is 13.1 Å². The third-order valence-electron chi connectivity index (χ3n) is 4.32. The number of hydrogen-bond acceptors (Lipinski definition) is 2. The van der Waals surface area contributed by atoms with Crippen LogP contribution in [-0.4, -0.2) is 29.4 Å². The normalized spacial score (nSPS) is 28.6. The standard InChI is InChI=1S/C15H20N2O/c18-14-15(8-4-10-16-14)9-5-11-17(15)12-13-6-2-1-3-7-13/h1-3,6-7H,4-5,8-12H2,(H,16,18). The minimum absolute atomic E-state index is 0.214. The summed E-state index contributed by atoms with van der Waals surface area (Å²) < 4.78 is 0. The summed E-state index contributed by atoms with van der Waals surface area (Å²) in [7, 11) is 0. The lowest BCUT2D eigenvalue weighted by Crippen LogP contribution is -2.58. The van der Waals surface area contributed by atoms with Gasteiger partial charge in [-0.3, -0.25) is 9.69 Å². The van der Waals surface area contributed by atoms with Gasteiger partial charge < -0.3 is 5.32 Å². The predicted octanol–water partition coefficient (Wildman–Crippen LogP) is 1.93. The average Bonchev–Trinajstić information content (AvgIpc) is 2.79. The van der Waals surface area contributed by atoms with E-state index in [4.69, 9.17) is 0 Å². The summed E-state index contributed by atoms with van der Waals surface area (Å²) in [6.07, 6.45) is 4.29. The summed E-state index contributed by atoms with van der Waals surface area (Å²) in [6, 6.07) is 10.5. The minimum Gasteiger partial charge on any atom is -0.354 e. The zero-order valence-electron chi connectivity index (χ0n) is 10.7. The number of piperidine rings is 1. The van der Waals surface area contributed by atoms with E-state index in [9.17, 15) is 4.79 Å². The average molecular weight is 244 g/mol. The lowest BCUT2D eigenvalue weighted by atomic mass is 9.86. The molecule has 18 heavy (non-hydrogen) atoms. The molecule has 96 valence electrons. The van der Waals surface area contributed by atoms with Gasteiger partial charge in [-0.05, 0) is 37.8 Å². The zero-order valence-corrected chi connectivity index (χ0v) is 10.7. The van der Waals surface area contributed by atoms with Crippen LogP contribution in [0.1, 0.15) is 31.2 Å². The van der Waals surface area contributed by atoms with E-state index in [1.54, 1.807) is 0 Å². The Morgan fingerprint density at radius 3 is 2.72 bits per heavy atom. The molecule has 2 saturated heterocycles. The number of nitrogens with zero attached hydrogens (tertiary/aromatic N) is 1. The van der Waals surface area contributed by atoms with Gasteiger partial charge in [-0.15, -0.1) is 0 Å². The van der Waals surface area contributed by atoms with E-state index in [1.807, 2.05) is 6.07 Å². The summed E-state index contributed by atoms with van der Waals surface area (Å²) in [6.45, 7) is 2.79. The predicted molar refractivity (Wildman–Crippen MR) is 71.1 cm³/mol. The molecule has 0 aliphatic carbocycles. The molecule has 3 rings (SSSR count). The van der Waals surface area contributed by atoms with E-state index in [0.29, 0.717) is 0 Å². The quantitative estimate of drug-likeness (QED) is 0.862. The number of amides is 1. The highest BCUT2D eigenvalue weighted by Gasteiger charge is 2.47. The number of benzene rings is 1. The number of hydrogen-bond donors (Lipinski definition) is 1. The highest BCUT2D eigenvalue weighted by Crippen LogP contribution is 2.36. The van der Waals surface area contributed by atoms with Crippen molar-refractivity contribution in [2.24, 2.45) is 0 Å². The van der Waals surface area contributed by atoms with Crippen molar-refractivity contribution in [1.29, 1.82) is 0 Å². The summed E-state index contributed by atoms with van der Waals surface area (Å²) in [5.74, 6) is 0.252. The zero-order chi connectivity index (χ0) is 12.4. The van der Waals surface area contributed by atoms with Crippen molar-refractivity contribution in [1.82, 2.24) is 10.2 Å². The SMILES string of the molecule is O=C1NCCCC12CCCN2Cc1ccccc1. The molecule has 3 heteroatoms. The smallest absolute Gasteiger partial charge is 0.240 e. The molecule has 0 saturated carbocycles. The first-order valence-electron chi connectivity index (χ1n) is 6.89. The molecule has 1 amide bonds. The topological polar surface area (TPSA) is 32.3 Å². The molecule has 2 aliphatic heterocycles. The van der Waals surface area contributed by atoms with Gasteiger partial charge in [-0.1, -0.05) is 30.3 Å². The van der Waals surface area contributed by atoms with Gasteiger partial charge in [-0.25, -0.2) is 0 Å². The van der Waals surface area contributed by atoms with Crippen LogP contribution in [-0.2, 0) is 11.3 Å². The molecular formula is C15H20N2O. The molecule has 0 bridgehead atoms. The first-order valence-corrected chi connectivity index (χ1v) is 6.89. The van der Waals surface area contributed by atoms with Crippen LogP contribution in [0.4, 0.5) is 0 Å². The van der Waals surface area contributed by atoms with E-state index in [2.05, 4.69) is 34.5 Å². The molecule has 2 aliphatic rings. The molecule has 0 aromatic heterocycles. The molecule has 1 aromatic carbocycles. The third-order valence-corrected chi connectivity index (χ3v) is 4.32. The first-order chi connectivity index (χ1) is 8.81. The minimum atomic E-state index is -0.214. The van der Waals surface area contributed by atoms with Gasteiger partial charge in [0, 0.05) is 13.1 Å². The van der Waals surface area contributed by atoms with Crippen LogP contribution < -0.4 is 5.32 Å². The maximum absolute atomic E-state index is 12.3. The van der Waals surface area contributed by atoms with Crippen LogP contribution in [0.2, 0.25) is 0 Å². The van der Waals surface area contributed by atoms with Gasteiger partial charge in [0.05, 0.1) is 0 Å².